The first-order valence-corrected chi connectivity index (χ1v) is 5.77. The lowest BCUT2D eigenvalue weighted by Gasteiger charge is -2.19. The monoisotopic (exact) mass is 181 g/mol. The van der Waals surface area contributed by atoms with Gasteiger partial charge in [-0.15, -0.1) is 0 Å². The van der Waals surface area contributed by atoms with Crippen molar-refractivity contribution in [3.63, 3.8) is 0 Å². The van der Waals surface area contributed by atoms with Crippen LogP contribution in [0.5, 0.6) is 0 Å². The van der Waals surface area contributed by atoms with E-state index in [1.54, 1.807) is 5.43 Å². The highest BCUT2D eigenvalue weighted by Gasteiger charge is 2.16. The molecule has 0 saturated heterocycles. The summed E-state index contributed by atoms with van der Waals surface area (Å²) in [6, 6.07) is 0. The molecule has 12 heavy (non-hydrogen) atoms. The molecule has 0 radical (unpaired) electrons. The van der Waals surface area contributed by atoms with Crippen LogP contribution in [0.1, 0.15) is 48.7 Å². The van der Waals surface area contributed by atoms with Crippen molar-refractivity contribution in [3.8, 4) is 0 Å². The average Bonchev–Trinajstić information content (AvgIpc) is 2.54. The molecule has 1 N–H and O–H groups in total. The standard InChI is InChI=1S/C10H16NP/c1-8-7-11-10(12-8)9-5-3-2-4-6-9/h7,9,11H,2-6H2,1H3. The Morgan fingerprint density at radius 1 is 1.33 bits per heavy atom. The zero-order valence-corrected chi connectivity index (χ0v) is 8.53. The number of nitrogens with one attached hydrogen (secondary N) is 1. The molecular formula is C10H16NP. The minimum absolute atomic E-state index is 0.870. The molecule has 1 aromatic heterocycles. The minimum atomic E-state index is 0.870. The van der Waals surface area contributed by atoms with Gasteiger partial charge in [-0.3, -0.25) is 0 Å². The summed E-state index contributed by atoms with van der Waals surface area (Å²) in [5.74, 6) is 0.870. The molecule has 0 amide bonds. The number of aryl methyl sites for hydroxylation is 1. The van der Waals surface area contributed by atoms with Crippen molar-refractivity contribution < 1.29 is 0 Å². The Morgan fingerprint density at radius 3 is 2.67 bits per heavy atom. The lowest BCUT2D eigenvalue weighted by Crippen LogP contribution is -2.03. The largest absolute Gasteiger partial charge is 0.360 e. The molecule has 1 saturated carbocycles. The zero-order chi connectivity index (χ0) is 8.39. The molecule has 0 atom stereocenters. The van der Waals surface area contributed by atoms with Crippen LogP contribution in [-0.4, -0.2) is 4.98 Å². The van der Waals surface area contributed by atoms with Gasteiger partial charge < -0.3 is 4.98 Å². The summed E-state index contributed by atoms with van der Waals surface area (Å²) in [5, 5.41) is 1.47. The number of aromatic nitrogens is 1. The maximum Gasteiger partial charge on any atom is 0.0458 e. The van der Waals surface area contributed by atoms with E-state index in [-0.39, 0.29) is 0 Å². The van der Waals surface area contributed by atoms with Crippen LogP contribution in [0.2, 0.25) is 0 Å². The van der Waals surface area contributed by atoms with Gasteiger partial charge in [-0.1, -0.05) is 19.3 Å². The Bertz CT molecular complexity index is 248. The number of aromatic amines is 1. The van der Waals surface area contributed by atoms with Crippen LogP contribution in [0.15, 0.2) is 6.20 Å². The molecule has 1 heterocycles. The van der Waals surface area contributed by atoms with Crippen molar-refractivity contribution in [2.24, 2.45) is 0 Å². The molecule has 1 nitrogen and oxygen atoms in total. The molecule has 0 bridgehead atoms. The minimum Gasteiger partial charge on any atom is -0.360 e. The molecule has 2 heteroatoms. The predicted octanol–water partition coefficient (Wildman–Crippen LogP) is 3.95. The van der Waals surface area contributed by atoms with Crippen LogP contribution in [-0.2, 0) is 0 Å². The Balaban J connectivity index is 2.08. The lowest BCUT2D eigenvalue weighted by atomic mass is 9.90. The highest BCUT2D eigenvalue weighted by molar-refractivity contribution is 7.31. The zero-order valence-electron chi connectivity index (χ0n) is 7.64. The molecule has 1 aliphatic carbocycles. The van der Waals surface area contributed by atoms with Crippen molar-refractivity contribution in [1.29, 1.82) is 0 Å². The number of hydrogen-bond acceptors (Lipinski definition) is 0. The summed E-state index contributed by atoms with van der Waals surface area (Å²) < 4.78 is 0. The second-order valence-electron chi connectivity index (χ2n) is 3.76. The van der Waals surface area contributed by atoms with Crippen molar-refractivity contribution in [1.82, 2.24) is 4.98 Å². The van der Waals surface area contributed by atoms with Crippen LogP contribution < -0.4 is 0 Å². The Morgan fingerprint density at radius 2 is 2.08 bits per heavy atom. The smallest absolute Gasteiger partial charge is 0.0458 e. The molecule has 1 aromatic rings. The van der Waals surface area contributed by atoms with E-state index >= 15 is 0 Å². The van der Waals surface area contributed by atoms with Crippen LogP contribution >= 0.6 is 8.19 Å². The summed E-state index contributed by atoms with van der Waals surface area (Å²) in [6.07, 6.45) is 9.31. The lowest BCUT2D eigenvalue weighted by molar-refractivity contribution is 0.442. The van der Waals surface area contributed by atoms with Gasteiger partial charge in [-0.05, 0) is 33.3 Å². The van der Waals surface area contributed by atoms with E-state index in [0.717, 1.165) is 5.92 Å². The number of hydrogen-bond donors (Lipinski definition) is 1. The maximum absolute atomic E-state index is 3.42. The van der Waals surface area contributed by atoms with E-state index in [2.05, 4.69) is 18.1 Å². The summed E-state index contributed by atoms with van der Waals surface area (Å²) in [7, 11) is 1.45. The van der Waals surface area contributed by atoms with Crippen molar-refractivity contribution in [2.75, 3.05) is 0 Å². The fourth-order valence-electron chi connectivity index (χ4n) is 2.02. The third-order valence-electron chi connectivity index (χ3n) is 2.72. The maximum atomic E-state index is 3.42. The fourth-order valence-corrected chi connectivity index (χ4v) is 3.10. The highest BCUT2D eigenvalue weighted by Crippen LogP contribution is 2.36. The fraction of sp³-hybridized carbons (Fsp3) is 0.700. The van der Waals surface area contributed by atoms with Gasteiger partial charge >= 0.3 is 0 Å². The van der Waals surface area contributed by atoms with Crippen molar-refractivity contribution in [3.05, 3.63) is 16.9 Å². The highest BCUT2D eigenvalue weighted by atomic mass is 31.0. The third kappa shape index (κ3) is 1.72. The normalized spacial score (nSPS) is 20.4. The van der Waals surface area contributed by atoms with E-state index in [1.807, 2.05) is 0 Å². The topological polar surface area (TPSA) is 15.8 Å². The summed E-state index contributed by atoms with van der Waals surface area (Å²) >= 11 is 0. The van der Waals surface area contributed by atoms with Gasteiger partial charge in [0.1, 0.15) is 0 Å². The van der Waals surface area contributed by atoms with E-state index in [1.165, 1.54) is 45.6 Å². The van der Waals surface area contributed by atoms with Gasteiger partial charge in [-0.25, -0.2) is 0 Å². The number of H-pyrrole nitrogens is 1. The van der Waals surface area contributed by atoms with Crippen LogP contribution in [0.25, 0.3) is 0 Å². The summed E-state index contributed by atoms with van der Waals surface area (Å²) in [5.41, 5.74) is 1.56. The third-order valence-corrected chi connectivity index (χ3v) is 3.93. The second kappa shape index (κ2) is 3.62. The quantitative estimate of drug-likeness (QED) is 0.675. The Hall–Kier alpha value is -0.290. The molecule has 2 rings (SSSR count). The van der Waals surface area contributed by atoms with E-state index in [0.29, 0.717) is 0 Å². The molecule has 0 spiro atoms. The van der Waals surface area contributed by atoms with Gasteiger partial charge in [-0.2, -0.15) is 0 Å². The van der Waals surface area contributed by atoms with Crippen LogP contribution in [0.4, 0.5) is 0 Å². The average molecular weight is 181 g/mol. The summed E-state index contributed by atoms with van der Waals surface area (Å²) in [6.45, 7) is 2.20. The van der Waals surface area contributed by atoms with Crippen LogP contribution in [0, 0.1) is 6.92 Å². The predicted molar refractivity (Wildman–Crippen MR) is 53.9 cm³/mol. The molecular weight excluding hydrogens is 165 g/mol. The molecule has 66 valence electrons. The SMILES string of the molecule is Cc1c[nH]c(C2CCCCC2)p1. The van der Waals surface area contributed by atoms with Gasteiger partial charge in [0, 0.05) is 17.5 Å². The van der Waals surface area contributed by atoms with Crippen molar-refractivity contribution in [2.45, 2.75) is 44.9 Å². The van der Waals surface area contributed by atoms with Crippen LogP contribution in [0.3, 0.4) is 0 Å². The van der Waals surface area contributed by atoms with E-state index in [9.17, 15) is 0 Å². The Kier molecular flexibility index (Phi) is 2.51. The van der Waals surface area contributed by atoms with Gasteiger partial charge in [0.05, 0.1) is 0 Å². The number of rotatable bonds is 1. The van der Waals surface area contributed by atoms with Gasteiger partial charge in [0.2, 0.25) is 0 Å². The van der Waals surface area contributed by atoms with E-state index < -0.39 is 0 Å². The van der Waals surface area contributed by atoms with Crippen molar-refractivity contribution >= 4 is 8.19 Å². The molecule has 1 fully saturated rings. The Labute approximate surface area is 75.7 Å². The first-order valence-electron chi connectivity index (χ1n) is 4.88. The molecule has 0 aromatic carbocycles. The molecule has 1 aliphatic rings. The van der Waals surface area contributed by atoms with E-state index in [4.69, 9.17) is 0 Å². The summed E-state index contributed by atoms with van der Waals surface area (Å²) in [4.78, 5) is 3.42. The first kappa shape index (κ1) is 8.31. The first-order chi connectivity index (χ1) is 5.86. The van der Waals surface area contributed by atoms with Gasteiger partial charge in [0.15, 0.2) is 0 Å². The van der Waals surface area contributed by atoms with Gasteiger partial charge in [0.25, 0.3) is 0 Å². The second-order valence-corrected chi connectivity index (χ2v) is 5.17. The molecule has 0 unspecified atom stereocenters. The molecule has 0 aliphatic heterocycles.